The maximum absolute atomic E-state index is 11.7. The zero-order chi connectivity index (χ0) is 15.3. The molecule has 0 radical (unpaired) electrons. The van der Waals surface area contributed by atoms with Crippen LogP contribution in [0, 0.1) is 12.8 Å². The summed E-state index contributed by atoms with van der Waals surface area (Å²) in [6.45, 7) is 8.00. The summed E-state index contributed by atoms with van der Waals surface area (Å²) in [5.74, 6) is -0.581. The Balaban J connectivity index is 2.49. The Hall–Kier alpha value is -1.63. The van der Waals surface area contributed by atoms with Gasteiger partial charge in [0.25, 0.3) is 0 Å². The molecule has 0 spiro atoms. The first-order valence-corrected chi connectivity index (χ1v) is 7.40. The van der Waals surface area contributed by atoms with Crippen LogP contribution in [0.15, 0.2) is 0 Å². The number of carbonyl (C=O) groups is 2. The predicted molar refractivity (Wildman–Crippen MR) is 78.1 cm³/mol. The van der Waals surface area contributed by atoms with Gasteiger partial charge in [0.15, 0.2) is 0 Å². The second kappa shape index (κ2) is 7.23. The molecule has 3 N–H and O–H groups in total. The quantitative estimate of drug-likeness (QED) is 0.752. The zero-order valence-electron chi connectivity index (χ0n) is 12.2. The van der Waals surface area contributed by atoms with Crippen LogP contribution in [0.4, 0.5) is 4.79 Å². The number of thiazole rings is 1. The third-order valence-electron chi connectivity index (χ3n) is 3.29. The molecule has 1 heterocycles. The maximum atomic E-state index is 11.7. The van der Waals surface area contributed by atoms with Gasteiger partial charge in [0.2, 0.25) is 0 Å². The number of urea groups is 1. The second-order valence-electron chi connectivity index (χ2n) is 4.83. The fraction of sp³-hybridized carbons (Fsp3) is 0.615. The first kappa shape index (κ1) is 16.4. The Labute approximate surface area is 122 Å². The molecule has 1 aromatic rings. The minimum Gasteiger partial charge on any atom is -0.477 e. The fourth-order valence-corrected chi connectivity index (χ4v) is 2.48. The molecule has 0 aliphatic rings. The Bertz CT molecular complexity index is 487. The predicted octanol–water partition coefficient (Wildman–Crippen LogP) is 2.38. The number of amides is 2. The van der Waals surface area contributed by atoms with E-state index in [9.17, 15) is 9.59 Å². The molecule has 112 valence electrons. The molecule has 2 atom stereocenters. The highest BCUT2D eigenvalue weighted by Crippen LogP contribution is 2.17. The van der Waals surface area contributed by atoms with E-state index in [1.165, 1.54) is 0 Å². The smallest absolute Gasteiger partial charge is 0.347 e. The van der Waals surface area contributed by atoms with E-state index in [0.717, 1.165) is 17.8 Å². The van der Waals surface area contributed by atoms with Gasteiger partial charge in [-0.25, -0.2) is 14.6 Å². The number of aromatic nitrogens is 1. The van der Waals surface area contributed by atoms with Crippen LogP contribution in [-0.2, 0) is 6.54 Å². The van der Waals surface area contributed by atoms with Crippen molar-refractivity contribution in [3.8, 4) is 0 Å². The van der Waals surface area contributed by atoms with Crippen molar-refractivity contribution < 1.29 is 14.7 Å². The summed E-state index contributed by atoms with van der Waals surface area (Å²) in [6.07, 6.45) is 0.995. The Kier molecular flexibility index (Phi) is 5.94. The number of nitrogens with zero attached hydrogens (tertiary/aromatic N) is 1. The average Bonchev–Trinajstić information content (AvgIpc) is 2.76. The van der Waals surface area contributed by atoms with Crippen molar-refractivity contribution in [2.45, 2.75) is 46.7 Å². The monoisotopic (exact) mass is 299 g/mol. The molecule has 7 heteroatoms. The number of aryl methyl sites for hydroxylation is 1. The number of hydrogen-bond donors (Lipinski definition) is 3. The molecule has 1 rings (SSSR count). The summed E-state index contributed by atoms with van der Waals surface area (Å²) in [5, 5.41) is 15.1. The Morgan fingerprint density at radius 1 is 1.40 bits per heavy atom. The number of hydrogen-bond acceptors (Lipinski definition) is 4. The summed E-state index contributed by atoms with van der Waals surface area (Å²) >= 11 is 1.09. The van der Waals surface area contributed by atoms with Crippen LogP contribution in [-0.4, -0.2) is 28.1 Å². The molecule has 0 aliphatic heterocycles. The topological polar surface area (TPSA) is 91.3 Å². The van der Waals surface area contributed by atoms with Gasteiger partial charge >= 0.3 is 12.0 Å². The molecule has 1 aromatic heterocycles. The molecule has 0 aromatic carbocycles. The van der Waals surface area contributed by atoms with Gasteiger partial charge in [-0.1, -0.05) is 20.3 Å². The SMILES string of the molecule is CCC(C)C(C)NC(=O)NCc1nc(C)c(C(=O)O)s1. The van der Waals surface area contributed by atoms with Gasteiger partial charge in [0, 0.05) is 6.04 Å². The Morgan fingerprint density at radius 2 is 2.05 bits per heavy atom. The molecule has 2 amide bonds. The number of aromatic carboxylic acids is 1. The Morgan fingerprint density at radius 3 is 2.55 bits per heavy atom. The van der Waals surface area contributed by atoms with Crippen LogP contribution in [0.25, 0.3) is 0 Å². The van der Waals surface area contributed by atoms with Crippen LogP contribution in [0.1, 0.15) is 47.6 Å². The molecule has 0 aliphatic carbocycles. The van der Waals surface area contributed by atoms with E-state index < -0.39 is 5.97 Å². The van der Waals surface area contributed by atoms with Crippen molar-refractivity contribution in [2.24, 2.45) is 5.92 Å². The maximum Gasteiger partial charge on any atom is 0.347 e. The van der Waals surface area contributed by atoms with Crippen LogP contribution in [0.3, 0.4) is 0 Å². The minimum atomic E-state index is -0.985. The first-order valence-electron chi connectivity index (χ1n) is 6.59. The molecule has 2 unspecified atom stereocenters. The van der Waals surface area contributed by atoms with Gasteiger partial charge in [-0.2, -0.15) is 0 Å². The lowest BCUT2D eigenvalue weighted by Gasteiger charge is -2.19. The van der Waals surface area contributed by atoms with Gasteiger partial charge in [-0.3, -0.25) is 0 Å². The third-order valence-corrected chi connectivity index (χ3v) is 4.44. The lowest BCUT2D eigenvalue weighted by Crippen LogP contribution is -2.43. The lowest BCUT2D eigenvalue weighted by molar-refractivity contribution is 0.0701. The summed E-state index contributed by atoms with van der Waals surface area (Å²) in [4.78, 5) is 27.0. The summed E-state index contributed by atoms with van der Waals surface area (Å²) in [6, 6.07) is -0.171. The highest BCUT2D eigenvalue weighted by Gasteiger charge is 2.16. The van der Waals surface area contributed by atoms with Gasteiger partial charge in [-0.05, 0) is 19.8 Å². The van der Waals surface area contributed by atoms with Gasteiger partial charge < -0.3 is 15.7 Å². The minimum absolute atomic E-state index is 0.0904. The molecule has 20 heavy (non-hydrogen) atoms. The molecule has 0 fully saturated rings. The normalized spacial score (nSPS) is 13.6. The fourth-order valence-electron chi connectivity index (χ4n) is 1.64. The van der Waals surface area contributed by atoms with Crippen molar-refractivity contribution in [1.82, 2.24) is 15.6 Å². The average molecular weight is 299 g/mol. The standard InChI is InChI=1S/C13H21N3O3S/c1-5-7(2)8(3)16-13(19)14-6-10-15-9(4)11(20-10)12(17)18/h7-8H,5-6H2,1-4H3,(H,17,18)(H2,14,16,19). The van der Waals surface area contributed by atoms with Gasteiger partial charge in [0.1, 0.15) is 9.88 Å². The molecule has 0 saturated heterocycles. The van der Waals surface area contributed by atoms with Gasteiger partial charge in [-0.15, -0.1) is 11.3 Å². The molecular formula is C13H21N3O3S. The number of carboxylic acid groups (broad SMARTS) is 1. The largest absolute Gasteiger partial charge is 0.477 e. The van der Waals surface area contributed by atoms with E-state index in [1.807, 2.05) is 6.92 Å². The van der Waals surface area contributed by atoms with Crippen LogP contribution >= 0.6 is 11.3 Å². The van der Waals surface area contributed by atoms with Crippen LogP contribution < -0.4 is 10.6 Å². The van der Waals surface area contributed by atoms with E-state index in [1.54, 1.807) is 6.92 Å². The van der Waals surface area contributed by atoms with Crippen molar-refractivity contribution >= 4 is 23.3 Å². The van der Waals surface area contributed by atoms with E-state index in [2.05, 4.69) is 29.5 Å². The van der Waals surface area contributed by atoms with Crippen molar-refractivity contribution in [3.05, 3.63) is 15.6 Å². The molecule has 0 bridgehead atoms. The van der Waals surface area contributed by atoms with E-state index in [0.29, 0.717) is 16.6 Å². The molecule has 6 nitrogen and oxygen atoms in total. The van der Waals surface area contributed by atoms with Crippen LogP contribution in [0.5, 0.6) is 0 Å². The highest BCUT2D eigenvalue weighted by atomic mass is 32.1. The summed E-state index contributed by atoms with van der Waals surface area (Å²) in [5.41, 5.74) is 0.479. The van der Waals surface area contributed by atoms with Gasteiger partial charge in [0.05, 0.1) is 12.2 Å². The van der Waals surface area contributed by atoms with Crippen molar-refractivity contribution in [1.29, 1.82) is 0 Å². The summed E-state index contributed by atoms with van der Waals surface area (Å²) < 4.78 is 0. The zero-order valence-corrected chi connectivity index (χ0v) is 13.0. The van der Waals surface area contributed by atoms with Crippen LogP contribution in [0.2, 0.25) is 0 Å². The highest BCUT2D eigenvalue weighted by molar-refractivity contribution is 7.13. The van der Waals surface area contributed by atoms with E-state index >= 15 is 0 Å². The van der Waals surface area contributed by atoms with E-state index in [4.69, 9.17) is 5.11 Å². The number of nitrogens with one attached hydrogen (secondary N) is 2. The van der Waals surface area contributed by atoms with Crippen molar-refractivity contribution in [2.75, 3.05) is 0 Å². The second-order valence-corrected chi connectivity index (χ2v) is 5.91. The van der Waals surface area contributed by atoms with Crippen molar-refractivity contribution in [3.63, 3.8) is 0 Å². The molecule has 0 saturated carbocycles. The molecular weight excluding hydrogens is 278 g/mol. The lowest BCUT2D eigenvalue weighted by atomic mass is 10.0. The number of rotatable bonds is 6. The van der Waals surface area contributed by atoms with E-state index in [-0.39, 0.29) is 23.5 Å². The number of carbonyl (C=O) groups excluding carboxylic acids is 1. The first-order chi connectivity index (χ1) is 9.35. The summed E-state index contributed by atoms with van der Waals surface area (Å²) in [7, 11) is 0. The third kappa shape index (κ3) is 4.48. The number of carboxylic acids is 1.